The molecule has 0 saturated heterocycles. The molecule has 0 aliphatic heterocycles. The first-order chi connectivity index (χ1) is 6.66. The van der Waals surface area contributed by atoms with E-state index in [1.54, 1.807) is 0 Å². The predicted octanol–water partition coefficient (Wildman–Crippen LogP) is 4.98. The standard InChI is InChI=1S/C14H31PSe/c1-12(2,3)10-15(16,14(7,8)9)11-13(4,5)6/h10-11H2,1-9H3. The van der Waals surface area contributed by atoms with Gasteiger partial charge < -0.3 is 0 Å². The fourth-order valence-corrected chi connectivity index (χ4v) is 11.1. The zero-order valence-electron chi connectivity index (χ0n) is 12.8. The molecule has 0 aliphatic carbocycles. The molecule has 98 valence electrons. The van der Waals surface area contributed by atoms with Gasteiger partial charge in [0.05, 0.1) is 0 Å². The van der Waals surface area contributed by atoms with E-state index in [0.29, 0.717) is 16.0 Å². The van der Waals surface area contributed by atoms with E-state index in [-0.39, 0.29) is 0 Å². The topological polar surface area (TPSA) is 0 Å². The first-order valence-electron chi connectivity index (χ1n) is 6.25. The Hall–Kier alpha value is 0.949. The van der Waals surface area contributed by atoms with E-state index in [2.05, 4.69) is 77.4 Å². The Labute approximate surface area is 111 Å². The third-order valence-electron chi connectivity index (χ3n) is 2.68. The summed E-state index contributed by atoms with van der Waals surface area (Å²) >= 11 is 3.65. The van der Waals surface area contributed by atoms with Crippen molar-refractivity contribution in [3.05, 3.63) is 0 Å². The average molecular weight is 309 g/mol. The summed E-state index contributed by atoms with van der Waals surface area (Å²) in [6.07, 6.45) is 2.70. The van der Waals surface area contributed by atoms with Crippen LogP contribution in [0.5, 0.6) is 0 Å². The molecule has 0 N–H and O–H groups in total. The molecule has 0 fully saturated rings. The summed E-state index contributed by atoms with van der Waals surface area (Å²) in [5.74, 6) is 0. The Morgan fingerprint density at radius 3 is 1.06 bits per heavy atom. The Bertz CT molecular complexity index is 251. The molecule has 0 heterocycles. The van der Waals surface area contributed by atoms with Crippen molar-refractivity contribution in [2.75, 3.05) is 12.3 Å². The van der Waals surface area contributed by atoms with Gasteiger partial charge in [-0.1, -0.05) is 0 Å². The molecule has 0 nitrogen and oxygen atoms in total. The van der Waals surface area contributed by atoms with Gasteiger partial charge in [0.2, 0.25) is 0 Å². The molecule has 0 saturated carbocycles. The molecule has 0 unspecified atom stereocenters. The third-order valence-corrected chi connectivity index (χ3v) is 13.1. The monoisotopic (exact) mass is 310 g/mol. The van der Waals surface area contributed by atoms with E-state index >= 15 is 0 Å². The van der Waals surface area contributed by atoms with E-state index in [1.807, 2.05) is 0 Å². The summed E-state index contributed by atoms with van der Waals surface area (Å²) in [6, 6.07) is 0. The predicted molar refractivity (Wildman–Crippen MR) is 81.1 cm³/mol. The second kappa shape index (κ2) is 4.91. The van der Waals surface area contributed by atoms with Crippen LogP contribution in [0.25, 0.3) is 0 Å². The van der Waals surface area contributed by atoms with Crippen molar-refractivity contribution < 1.29 is 0 Å². The molecule has 16 heavy (non-hydrogen) atoms. The molecule has 2 heteroatoms. The SMILES string of the molecule is CC(C)(C)CP(=[Se])(CC(C)(C)C)C(C)(C)C. The Morgan fingerprint density at radius 1 is 0.688 bits per heavy atom. The van der Waals surface area contributed by atoms with Gasteiger partial charge in [-0.05, 0) is 0 Å². The molecule has 0 aromatic heterocycles. The van der Waals surface area contributed by atoms with Crippen molar-refractivity contribution in [1.29, 1.82) is 0 Å². The fraction of sp³-hybridized carbons (Fsp3) is 1.00. The van der Waals surface area contributed by atoms with Crippen LogP contribution < -0.4 is 0 Å². The molecule has 0 aromatic carbocycles. The number of hydrogen-bond acceptors (Lipinski definition) is 0. The van der Waals surface area contributed by atoms with Gasteiger partial charge >= 0.3 is 111 Å². The van der Waals surface area contributed by atoms with Crippen molar-refractivity contribution in [3.8, 4) is 0 Å². The van der Waals surface area contributed by atoms with E-state index in [0.717, 1.165) is 0 Å². The van der Waals surface area contributed by atoms with Gasteiger partial charge in [-0.15, -0.1) is 0 Å². The number of rotatable bonds is 2. The normalized spacial score (nSPS) is 15.3. The Morgan fingerprint density at radius 2 is 0.938 bits per heavy atom. The maximum atomic E-state index is 3.65. The quantitative estimate of drug-likeness (QED) is 0.498. The first kappa shape index (κ1) is 16.9. The molecular weight excluding hydrogens is 278 g/mol. The van der Waals surface area contributed by atoms with Gasteiger partial charge in [0.1, 0.15) is 0 Å². The van der Waals surface area contributed by atoms with Gasteiger partial charge in [0.15, 0.2) is 0 Å². The second-order valence-electron chi connectivity index (χ2n) is 8.50. The van der Waals surface area contributed by atoms with Crippen molar-refractivity contribution in [2.45, 2.75) is 67.5 Å². The fourth-order valence-electron chi connectivity index (χ4n) is 2.06. The summed E-state index contributed by atoms with van der Waals surface area (Å²) in [7, 11) is 0. The minimum absolute atomic E-state index is 0.424. The van der Waals surface area contributed by atoms with Crippen LogP contribution in [0, 0.1) is 10.8 Å². The molecule has 0 aromatic rings. The molecule has 0 spiro atoms. The zero-order valence-corrected chi connectivity index (χ0v) is 15.4. The molecule has 0 rings (SSSR count). The molecule has 0 atom stereocenters. The van der Waals surface area contributed by atoms with Gasteiger partial charge in [-0.25, -0.2) is 0 Å². The van der Waals surface area contributed by atoms with Crippen LogP contribution >= 0.6 is 5.51 Å². The average Bonchev–Trinajstić information content (AvgIpc) is 1.72. The van der Waals surface area contributed by atoms with Crippen LogP contribution in [0.15, 0.2) is 0 Å². The van der Waals surface area contributed by atoms with Crippen LogP contribution in [-0.2, 0) is 0 Å². The summed E-state index contributed by atoms with van der Waals surface area (Å²) in [4.78, 5) is 0. The van der Waals surface area contributed by atoms with Crippen LogP contribution in [0.3, 0.4) is 0 Å². The summed E-state index contributed by atoms with van der Waals surface area (Å²) in [6.45, 7) is 21.4. The summed E-state index contributed by atoms with van der Waals surface area (Å²) in [5.41, 5.74) is -0.165. The zero-order chi connectivity index (χ0) is 13.4. The Balaban J connectivity index is 5.16. The van der Waals surface area contributed by atoms with E-state index in [9.17, 15) is 0 Å². The molecule has 0 aliphatic rings. The van der Waals surface area contributed by atoms with E-state index in [4.69, 9.17) is 0 Å². The molecule has 0 radical (unpaired) electrons. The maximum absolute atomic E-state index is 3.65. The van der Waals surface area contributed by atoms with Crippen LogP contribution in [0.1, 0.15) is 62.3 Å². The first-order valence-corrected chi connectivity index (χ1v) is 10.6. The second-order valence-corrected chi connectivity index (χ2v) is 16.6. The molecular formula is C14H31PSe. The van der Waals surface area contributed by atoms with Crippen LogP contribution in [0.2, 0.25) is 0 Å². The van der Waals surface area contributed by atoms with Gasteiger partial charge in [-0.2, -0.15) is 0 Å². The summed E-state index contributed by atoms with van der Waals surface area (Å²) in [5, 5.41) is 0.424. The third kappa shape index (κ3) is 6.04. The van der Waals surface area contributed by atoms with E-state index in [1.165, 1.54) is 12.3 Å². The molecule has 0 amide bonds. The summed E-state index contributed by atoms with van der Waals surface area (Å²) < 4.78 is 0. The van der Waals surface area contributed by atoms with Crippen molar-refractivity contribution in [3.63, 3.8) is 0 Å². The van der Waals surface area contributed by atoms with E-state index < -0.39 is 5.51 Å². The van der Waals surface area contributed by atoms with Crippen LogP contribution in [-0.4, -0.2) is 32.6 Å². The Kier molecular flexibility index (Phi) is 5.20. The van der Waals surface area contributed by atoms with Crippen molar-refractivity contribution in [1.82, 2.24) is 0 Å². The minimum atomic E-state index is -1.02. The van der Waals surface area contributed by atoms with Gasteiger partial charge in [-0.3, -0.25) is 0 Å². The van der Waals surface area contributed by atoms with Crippen LogP contribution in [0.4, 0.5) is 0 Å². The van der Waals surface area contributed by atoms with Gasteiger partial charge in [0, 0.05) is 0 Å². The van der Waals surface area contributed by atoms with Gasteiger partial charge in [0.25, 0.3) is 0 Å². The molecule has 0 bridgehead atoms. The van der Waals surface area contributed by atoms with Crippen molar-refractivity contribution >= 4 is 20.6 Å². The number of hydrogen-bond donors (Lipinski definition) is 0. The van der Waals surface area contributed by atoms with Crippen molar-refractivity contribution in [2.24, 2.45) is 10.8 Å².